The Morgan fingerprint density at radius 1 is 1.53 bits per heavy atom. The van der Waals surface area contributed by atoms with Crippen molar-refractivity contribution in [3.8, 4) is 0 Å². The van der Waals surface area contributed by atoms with Crippen molar-refractivity contribution in [3.63, 3.8) is 0 Å². The molecule has 82 valence electrons. The van der Waals surface area contributed by atoms with Gasteiger partial charge in [0.15, 0.2) is 0 Å². The van der Waals surface area contributed by atoms with Gasteiger partial charge < -0.3 is 4.74 Å². The Kier molecular flexibility index (Phi) is 4.03. The highest BCUT2D eigenvalue weighted by Gasteiger charge is 2.10. The van der Waals surface area contributed by atoms with Gasteiger partial charge in [-0.25, -0.2) is 9.97 Å². The van der Waals surface area contributed by atoms with E-state index in [1.807, 2.05) is 13.8 Å². The molecule has 0 amide bonds. The molecule has 0 N–H and O–H groups in total. The van der Waals surface area contributed by atoms with Gasteiger partial charge in [-0.3, -0.25) is 4.79 Å². The number of halogens is 1. The molecule has 0 radical (unpaired) electrons. The average Bonchev–Trinajstić information content (AvgIpc) is 2.16. The third-order valence-corrected chi connectivity index (χ3v) is 2.03. The number of aromatic nitrogens is 2. The van der Waals surface area contributed by atoms with Gasteiger partial charge >= 0.3 is 5.97 Å². The van der Waals surface area contributed by atoms with E-state index < -0.39 is 0 Å². The minimum Gasteiger partial charge on any atom is -0.469 e. The molecule has 0 aliphatic carbocycles. The van der Waals surface area contributed by atoms with Crippen molar-refractivity contribution in [2.75, 3.05) is 7.11 Å². The average molecular weight is 229 g/mol. The number of rotatable bonds is 3. The Labute approximate surface area is 93.6 Å². The standard InChI is InChI=1S/C10H13ClN2O2/c1-6(2)10-12-7(4-8(11)13-10)5-9(14)15-3/h4,6H,5H2,1-3H3. The lowest BCUT2D eigenvalue weighted by atomic mass is 10.2. The Morgan fingerprint density at radius 2 is 2.20 bits per heavy atom. The van der Waals surface area contributed by atoms with Crippen LogP contribution in [0.25, 0.3) is 0 Å². The highest BCUT2D eigenvalue weighted by atomic mass is 35.5. The molecule has 0 bridgehead atoms. The number of esters is 1. The van der Waals surface area contributed by atoms with Crippen LogP contribution in [0, 0.1) is 0 Å². The lowest BCUT2D eigenvalue weighted by Crippen LogP contribution is -2.09. The first kappa shape index (κ1) is 11.9. The summed E-state index contributed by atoms with van der Waals surface area (Å²) in [5.74, 6) is 0.487. The predicted molar refractivity (Wildman–Crippen MR) is 56.9 cm³/mol. The molecule has 0 saturated carbocycles. The molecule has 5 heteroatoms. The van der Waals surface area contributed by atoms with Crippen LogP contribution in [0.1, 0.15) is 31.3 Å². The third kappa shape index (κ3) is 3.47. The molecular formula is C10H13ClN2O2. The molecule has 1 rings (SSSR count). The summed E-state index contributed by atoms with van der Waals surface area (Å²) in [5.41, 5.74) is 0.588. The van der Waals surface area contributed by atoms with E-state index in [0.29, 0.717) is 16.7 Å². The summed E-state index contributed by atoms with van der Waals surface area (Å²) >= 11 is 5.82. The normalized spacial score (nSPS) is 10.5. The summed E-state index contributed by atoms with van der Waals surface area (Å²) < 4.78 is 4.55. The van der Waals surface area contributed by atoms with E-state index in [0.717, 1.165) is 0 Å². The molecule has 0 atom stereocenters. The topological polar surface area (TPSA) is 52.1 Å². The van der Waals surface area contributed by atoms with Crippen molar-refractivity contribution in [2.24, 2.45) is 0 Å². The smallest absolute Gasteiger partial charge is 0.311 e. The van der Waals surface area contributed by atoms with Gasteiger partial charge in [0.05, 0.1) is 19.2 Å². The fourth-order valence-corrected chi connectivity index (χ4v) is 1.26. The van der Waals surface area contributed by atoms with Gasteiger partial charge in [-0.1, -0.05) is 25.4 Å². The van der Waals surface area contributed by atoms with E-state index in [-0.39, 0.29) is 18.3 Å². The van der Waals surface area contributed by atoms with Gasteiger partial charge in [0.1, 0.15) is 11.0 Å². The first-order valence-electron chi connectivity index (χ1n) is 4.63. The van der Waals surface area contributed by atoms with Crippen LogP contribution in [0.2, 0.25) is 5.15 Å². The Bertz CT molecular complexity index is 366. The zero-order valence-corrected chi connectivity index (χ0v) is 9.71. The quantitative estimate of drug-likeness (QED) is 0.586. The van der Waals surface area contributed by atoms with Crippen LogP contribution in [0.4, 0.5) is 0 Å². The molecule has 0 spiro atoms. The van der Waals surface area contributed by atoms with Crippen LogP contribution < -0.4 is 0 Å². The summed E-state index contributed by atoms with van der Waals surface area (Å²) in [4.78, 5) is 19.3. The van der Waals surface area contributed by atoms with Gasteiger partial charge in [-0.2, -0.15) is 0 Å². The molecule has 0 aliphatic heterocycles. The minimum absolute atomic E-state index is 0.123. The lowest BCUT2D eigenvalue weighted by molar-refractivity contribution is -0.139. The maximum absolute atomic E-state index is 11.0. The molecule has 4 nitrogen and oxygen atoms in total. The van der Waals surface area contributed by atoms with E-state index >= 15 is 0 Å². The molecule has 1 heterocycles. The van der Waals surface area contributed by atoms with E-state index in [9.17, 15) is 4.79 Å². The number of hydrogen-bond donors (Lipinski definition) is 0. The van der Waals surface area contributed by atoms with Crippen molar-refractivity contribution >= 4 is 17.6 Å². The second-order valence-corrected chi connectivity index (χ2v) is 3.84. The maximum Gasteiger partial charge on any atom is 0.311 e. The molecule has 0 unspecified atom stereocenters. The SMILES string of the molecule is COC(=O)Cc1cc(Cl)nc(C(C)C)n1. The van der Waals surface area contributed by atoms with Crippen molar-refractivity contribution in [3.05, 3.63) is 22.7 Å². The Hall–Kier alpha value is -1.16. The van der Waals surface area contributed by atoms with Gasteiger partial charge in [-0.15, -0.1) is 0 Å². The summed E-state index contributed by atoms with van der Waals surface area (Å²) in [6, 6.07) is 1.57. The molecule has 1 aromatic heterocycles. The van der Waals surface area contributed by atoms with Crippen LogP contribution in [-0.2, 0) is 16.0 Å². The highest BCUT2D eigenvalue weighted by molar-refractivity contribution is 6.29. The van der Waals surface area contributed by atoms with Crippen LogP contribution in [-0.4, -0.2) is 23.0 Å². The molecule has 0 aliphatic rings. The van der Waals surface area contributed by atoms with Crippen LogP contribution in [0.3, 0.4) is 0 Å². The van der Waals surface area contributed by atoms with Crippen molar-refractivity contribution in [1.82, 2.24) is 9.97 Å². The highest BCUT2D eigenvalue weighted by Crippen LogP contribution is 2.14. The number of ether oxygens (including phenoxy) is 1. The zero-order valence-electron chi connectivity index (χ0n) is 8.95. The van der Waals surface area contributed by atoms with E-state index in [2.05, 4.69) is 14.7 Å². The summed E-state index contributed by atoms with van der Waals surface area (Å²) in [6.45, 7) is 3.93. The van der Waals surface area contributed by atoms with Gasteiger partial charge in [-0.05, 0) is 6.07 Å². The lowest BCUT2D eigenvalue weighted by Gasteiger charge is -2.06. The van der Waals surface area contributed by atoms with Gasteiger partial charge in [0.25, 0.3) is 0 Å². The number of carbonyl (C=O) groups is 1. The molecule has 1 aromatic rings. The van der Waals surface area contributed by atoms with E-state index in [1.165, 1.54) is 7.11 Å². The zero-order chi connectivity index (χ0) is 11.4. The number of nitrogens with zero attached hydrogens (tertiary/aromatic N) is 2. The fourth-order valence-electron chi connectivity index (χ4n) is 1.05. The fraction of sp³-hybridized carbons (Fsp3) is 0.500. The molecule has 0 aromatic carbocycles. The van der Waals surface area contributed by atoms with Crippen LogP contribution in [0.15, 0.2) is 6.07 Å². The monoisotopic (exact) mass is 228 g/mol. The van der Waals surface area contributed by atoms with E-state index in [4.69, 9.17) is 11.6 Å². The number of carbonyl (C=O) groups excluding carboxylic acids is 1. The predicted octanol–water partition coefficient (Wildman–Crippen LogP) is 1.97. The van der Waals surface area contributed by atoms with Gasteiger partial charge in [0, 0.05) is 5.92 Å². The minimum atomic E-state index is -0.334. The van der Waals surface area contributed by atoms with Crippen molar-refractivity contribution in [2.45, 2.75) is 26.2 Å². The third-order valence-electron chi connectivity index (χ3n) is 1.83. The maximum atomic E-state index is 11.0. The molecule has 0 saturated heterocycles. The Balaban J connectivity index is 2.93. The summed E-state index contributed by atoms with van der Waals surface area (Å²) in [6.07, 6.45) is 0.123. The van der Waals surface area contributed by atoms with Crippen LogP contribution >= 0.6 is 11.6 Å². The number of hydrogen-bond acceptors (Lipinski definition) is 4. The van der Waals surface area contributed by atoms with Crippen molar-refractivity contribution < 1.29 is 9.53 Å². The molecule has 15 heavy (non-hydrogen) atoms. The van der Waals surface area contributed by atoms with Gasteiger partial charge in [0.2, 0.25) is 0 Å². The van der Waals surface area contributed by atoms with Crippen LogP contribution in [0.5, 0.6) is 0 Å². The molecule has 0 fully saturated rings. The second kappa shape index (κ2) is 5.07. The summed E-state index contributed by atoms with van der Waals surface area (Å²) in [7, 11) is 1.34. The molecular weight excluding hydrogens is 216 g/mol. The second-order valence-electron chi connectivity index (χ2n) is 3.45. The van der Waals surface area contributed by atoms with E-state index in [1.54, 1.807) is 6.07 Å². The number of methoxy groups -OCH3 is 1. The largest absolute Gasteiger partial charge is 0.469 e. The van der Waals surface area contributed by atoms with Crippen molar-refractivity contribution in [1.29, 1.82) is 0 Å². The first-order chi connectivity index (χ1) is 7.02. The summed E-state index contributed by atoms with van der Waals surface area (Å²) in [5, 5.41) is 0.354. The first-order valence-corrected chi connectivity index (χ1v) is 5.01. The Morgan fingerprint density at radius 3 is 2.73 bits per heavy atom.